The first-order chi connectivity index (χ1) is 13.8. The normalized spacial score (nSPS) is 12.3. The van der Waals surface area contributed by atoms with Gasteiger partial charge < -0.3 is 5.32 Å². The lowest BCUT2D eigenvalue weighted by Gasteiger charge is -2.17. The maximum absolute atomic E-state index is 13.3. The Balaban J connectivity index is 1.96. The van der Waals surface area contributed by atoms with Gasteiger partial charge in [-0.25, -0.2) is 9.37 Å². The smallest absolute Gasteiger partial charge is 0.262 e. The standard InChI is InChI=1S/C22H24FN3O2S/c1-14(2)12-24-20(27)15(3)29-22-25-19-7-5-4-6-18(19)21(28)26(22)13-16-8-10-17(23)11-9-16/h4-11,14-15H,12-13H2,1-3H3,(H,24,27)/t15-/m1/s1. The van der Waals surface area contributed by atoms with E-state index in [2.05, 4.69) is 10.3 Å². The van der Waals surface area contributed by atoms with Gasteiger partial charge >= 0.3 is 0 Å². The number of fused-ring (bicyclic) bond motifs is 1. The molecule has 0 unspecified atom stereocenters. The molecule has 29 heavy (non-hydrogen) atoms. The minimum Gasteiger partial charge on any atom is -0.355 e. The molecule has 1 amide bonds. The molecular formula is C22H24FN3O2S. The van der Waals surface area contributed by atoms with Gasteiger partial charge in [0.15, 0.2) is 5.16 Å². The van der Waals surface area contributed by atoms with Crippen molar-refractivity contribution in [3.05, 3.63) is 70.3 Å². The van der Waals surface area contributed by atoms with Crippen LogP contribution in [0.5, 0.6) is 0 Å². The topological polar surface area (TPSA) is 64.0 Å². The van der Waals surface area contributed by atoms with Gasteiger partial charge in [-0.15, -0.1) is 0 Å². The second kappa shape index (κ2) is 9.22. The van der Waals surface area contributed by atoms with Crippen molar-refractivity contribution < 1.29 is 9.18 Å². The van der Waals surface area contributed by atoms with Crippen LogP contribution in [-0.2, 0) is 11.3 Å². The van der Waals surface area contributed by atoms with Crippen LogP contribution in [0.3, 0.4) is 0 Å². The van der Waals surface area contributed by atoms with Gasteiger partial charge in [-0.1, -0.05) is 49.9 Å². The predicted molar refractivity (Wildman–Crippen MR) is 115 cm³/mol. The van der Waals surface area contributed by atoms with Crippen LogP contribution in [0, 0.1) is 11.7 Å². The van der Waals surface area contributed by atoms with Crippen LogP contribution < -0.4 is 10.9 Å². The van der Waals surface area contributed by atoms with Gasteiger partial charge in [0, 0.05) is 6.54 Å². The minimum absolute atomic E-state index is 0.0977. The van der Waals surface area contributed by atoms with E-state index in [1.165, 1.54) is 23.9 Å². The Morgan fingerprint density at radius 2 is 1.83 bits per heavy atom. The number of amides is 1. The monoisotopic (exact) mass is 413 g/mol. The SMILES string of the molecule is CC(C)CNC(=O)[C@@H](C)Sc1nc2ccccc2c(=O)n1Cc1ccc(F)cc1. The van der Waals surface area contributed by atoms with E-state index in [-0.39, 0.29) is 23.8 Å². The number of para-hydroxylation sites is 1. The first-order valence-electron chi connectivity index (χ1n) is 9.53. The van der Waals surface area contributed by atoms with Crippen LogP contribution in [0.25, 0.3) is 10.9 Å². The highest BCUT2D eigenvalue weighted by Gasteiger charge is 2.19. The lowest BCUT2D eigenvalue weighted by Crippen LogP contribution is -2.34. The van der Waals surface area contributed by atoms with Crippen molar-refractivity contribution in [2.45, 2.75) is 37.7 Å². The fourth-order valence-corrected chi connectivity index (χ4v) is 3.74. The summed E-state index contributed by atoms with van der Waals surface area (Å²) < 4.78 is 14.8. The van der Waals surface area contributed by atoms with Gasteiger partial charge in [0.05, 0.1) is 22.7 Å². The van der Waals surface area contributed by atoms with Crippen LogP contribution in [0.2, 0.25) is 0 Å². The Bertz CT molecular complexity index is 1060. The number of carbonyl (C=O) groups is 1. The average Bonchev–Trinajstić information content (AvgIpc) is 2.70. The summed E-state index contributed by atoms with van der Waals surface area (Å²) in [5.41, 5.74) is 1.19. The van der Waals surface area contributed by atoms with Gasteiger partial charge in [-0.3, -0.25) is 14.2 Å². The zero-order chi connectivity index (χ0) is 21.0. The van der Waals surface area contributed by atoms with Crippen LogP contribution in [0.1, 0.15) is 26.3 Å². The van der Waals surface area contributed by atoms with E-state index in [1.807, 2.05) is 19.9 Å². The van der Waals surface area contributed by atoms with Crippen LogP contribution in [0.4, 0.5) is 4.39 Å². The van der Waals surface area contributed by atoms with Gasteiger partial charge in [-0.2, -0.15) is 0 Å². The molecular weight excluding hydrogens is 389 g/mol. The molecule has 1 aromatic heterocycles. The van der Waals surface area contributed by atoms with Crippen molar-refractivity contribution >= 4 is 28.6 Å². The summed E-state index contributed by atoms with van der Waals surface area (Å²) in [5.74, 6) is -0.0752. The number of halogens is 1. The Kier molecular flexibility index (Phi) is 6.69. The molecule has 7 heteroatoms. The minimum atomic E-state index is -0.415. The lowest BCUT2D eigenvalue weighted by atomic mass is 10.2. The summed E-state index contributed by atoms with van der Waals surface area (Å²) in [6.07, 6.45) is 0. The van der Waals surface area contributed by atoms with Crippen molar-refractivity contribution in [2.75, 3.05) is 6.54 Å². The third kappa shape index (κ3) is 5.23. The Hall–Kier alpha value is -2.67. The molecule has 0 radical (unpaired) electrons. The highest BCUT2D eigenvalue weighted by atomic mass is 32.2. The lowest BCUT2D eigenvalue weighted by molar-refractivity contribution is -0.120. The van der Waals surface area contributed by atoms with E-state index < -0.39 is 5.25 Å². The molecule has 0 fully saturated rings. The molecule has 0 saturated heterocycles. The molecule has 0 saturated carbocycles. The van der Waals surface area contributed by atoms with Crippen LogP contribution in [-0.4, -0.2) is 27.3 Å². The van der Waals surface area contributed by atoms with E-state index in [0.717, 1.165) is 5.56 Å². The fourth-order valence-electron chi connectivity index (χ4n) is 2.81. The first kappa shape index (κ1) is 21.0. The maximum atomic E-state index is 13.3. The predicted octanol–water partition coefficient (Wildman–Crippen LogP) is 3.84. The molecule has 5 nitrogen and oxygen atoms in total. The molecule has 0 bridgehead atoms. The number of nitrogens with zero attached hydrogens (tertiary/aromatic N) is 2. The van der Waals surface area contributed by atoms with Crippen molar-refractivity contribution in [2.24, 2.45) is 5.92 Å². The Morgan fingerprint density at radius 3 is 2.52 bits per heavy atom. The average molecular weight is 414 g/mol. The Morgan fingerprint density at radius 1 is 1.14 bits per heavy atom. The van der Waals surface area contributed by atoms with Gasteiger partial charge in [0.2, 0.25) is 5.91 Å². The third-order valence-corrected chi connectivity index (χ3v) is 5.51. The number of rotatable bonds is 7. The summed E-state index contributed by atoms with van der Waals surface area (Å²) in [6.45, 7) is 6.70. The summed E-state index contributed by atoms with van der Waals surface area (Å²) >= 11 is 1.25. The molecule has 1 N–H and O–H groups in total. The molecule has 0 spiro atoms. The number of aromatic nitrogens is 2. The summed E-state index contributed by atoms with van der Waals surface area (Å²) in [6, 6.07) is 13.2. The number of hydrogen-bond acceptors (Lipinski definition) is 4. The molecule has 1 heterocycles. The van der Waals surface area contributed by atoms with E-state index in [0.29, 0.717) is 28.5 Å². The quantitative estimate of drug-likeness (QED) is 0.472. The van der Waals surface area contributed by atoms with Gasteiger partial charge in [0.25, 0.3) is 5.56 Å². The number of nitrogens with one attached hydrogen (secondary N) is 1. The van der Waals surface area contributed by atoms with Crippen molar-refractivity contribution in [1.82, 2.24) is 14.9 Å². The molecule has 0 aliphatic rings. The summed E-state index contributed by atoms with van der Waals surface area (Å²) in [7, 11) is 0. The maximum Gasteiger partial charge on any atom is 0.262 e. The summed E-state index contributed by atoms with van der Waals surface area (Å²) in [4.78, 5) is 30.2. The highest BCUT2D eigenvalue weighted by Crippen LogP contribution is 2.23. The highest BCUT2D eigenvalue weighted by molar-refractivity contribution is 8.00. The second-order valence-corrected chi connectivity index (χ2v) is 8.64. The fraction of sp³-hybridized carbons (Fsp3) is 0.318. The van der Waals surface area contributed by atoms with Crippen molar-refractivity contribution in [3.8, 4) is 0 Å². The second-order valence-electron chi connectivity index (χ2n) is 7.33. The number of thioether (sulfide) groups is 1. The zero-order valence-corrected chi connectivity index (χ0v) is 17.5. The molecule has 1 atom stereocenters. The molecule has 2 aromatic carbocycles. The number of carbonyl (C=O) groups excluding carboxylic acids is 1. The largest absolute Gasteiger partial charge is 0.355 e. The van der Waals surface area contributed by atoms with Gasteiger partial charge in [-0.05, 0) is 42.7 Å². The van der Waals surface area contributed by atoms with E-state index >= 15 is 0 Å². The molecule has 0 aliphatic carbocycles. The van der Waals surface area contributed by atoms with Crippen LogP contribution in [0.15, 0.2) is 58.5 Å². The molecule has 152 valence electrons. The number of benzene rings is 2. The Labute approximate surface area is 173 Å². The van der Waals surface area contributed by atoms with Crippen molar-refractivity contribution in [1.29, 1.82) is 0 Å². The molecule has 3 rings (SSSR count). The van der Waals surface area contributed by atoms with E-state index in [4.69, 9.17) is 0 Å². The summed E-state index contributed by atoms with van der Waals surface area (Å²) in [5, 5.41) is 3.47. The molecule has 0 aliphatic heterocycles. The molecule has 3 aromatic rings. The van der Waals surface area contributed by atoms with E-state index in [1.54, 1.807) is 41.8 Å². The van der Waals surface area contributed by atoms with E-state index in [9.17, 15) is 14.0 Å². The zero-order valence-electron chi connectivity index (χ0n) is 16.7. The number of hydrogen-bond donors (Lipinski definition) is 1. The van der Waals surface area contributed by atoms with Gasteiger partial charge in [0.1, 0.15) is 5.82 Å². The van der Waals surface area contributed by atoms with Crippen LogP contribution >= 0.6 is 11.8 Å². The first-order valence-corrected chi connectivity index (χ1v) is 10.4. The van der Waals surface area contributed by atoms with Crippen molar-refractivity contribution in [3.63, 3.8) is 0 Å². The third-order valence-electron chi connectivity index (χ3n) is 4.42.